The molecule has 7 fully saturated rings. The molecular weight excluding hydrogens is 881 g/mol. The third-order valence-electron chi connectivity index (χ3n) is 18.7. The van der Waals surface area contributed by atoms with Crippen molar-refractivity contribution in [3.8, 4) is 0 Å². The van der Waals surface area contributed by atoms with Gasteiger partial charge in [0.2, 0.25) is 0 Å². The monoisotopic (exact) mass is 963 g/mol. The Hall–Kier alpha value is -1.02. The van der Waals surface area contributed by atoms with Crippen LogP contribution in [0.2, 0.25) is 0 Å². The average molecular weight is 963 g/mol. The third-order valence-corrected chi connectivity index (χ3v) is 18.7. The van der Waals surface area contributed by atoms with Crippen molar-refractivity contribution in [1.29, 1.82) is 0 Å². The second-order valence-electron chi connectivity index (χ2n) is 23.1. The average Bonchev–Trinajstić information content (AvgIpc) is 3.65. The van der Waals surface area contributed by atoms with E-state index >= 15 is 0 Å². The van der Waals surface area contributed by atoms with Gasteiger partial charge in [0.05, 0.1) is 43.7 Å². The molecule has 7 rings (SSSR count). The molecule has 0 unspecified atom stereocenters. The summed E-state index contributed by atoms with van der Waals surface area (Å²) in [4.78, 5) is 0. The van der Waals surface area contributed by atoms with Crippen molar-refractivity contribution >= 4 is 0 Å². The molecule has 7 aliphatic rings. The topological polar surface area (TPSA) is 318 Å². The van der Waals surface area contributed by atoms with Gasteiger partial charge >= 0.3 is 0 Å². The highest BCUT2D eigenvalue weighted by atomic mass is 16.8. The molecule has 3 heterocycles. The quantitative estimate of drug-likeness (QED) is 0.0773. The van der Waals surface area contributed by atoms with Crippen molar-refractivity contribution in [3.63, 3.8) is 0 Å². The molecule has 0 amide bonds. The van der Waals surface area contributed by atoms with Crippen LogP contribution in [0, 0.1) is 45.3 Å². The van der Waals surface area contributed by atoms with Crippen LogP contribution in [0.1, 0.15) is 107 Å². The van der Waals surface area contributed by atoms with Crippen molar-refractivity contribution < 1.29 is 94.8 Å². The smallest absolute Gasteiger partial charge is 0.187 e. The molecule has 0 aromatic heterocycles. The summed E-state index contributed by atoms with van der Waals surface area (Å²) in [5, 5.41) is 141. The molecule has 0 aromatic carbocycles. The van der Waals surface area contributed by atoms with Crippen LogP contribution in [-0.2, 0) is 28.4 Å². The first kappa shape index (κ1) is 53.8. The summed E-state index contributed by atoms with van der Waals surface area (Å²) in [6.45, 7) is 14.7. The number of rotatable bonds is 13. The van der Waals surface area contributed by atoms with E-state index < -0.39 is 152 Å². The Balaban J connectivity index is 1.15. The summed E-state index contributed by atoms with van der Waals surface area (Å²) in [5.74, 6) is -0.628. The molecule has 13 N–H and O–H groups in total. The van der Waals surface area contributed by atoms with Crippen LogP contribution in [0.5, 0.6) is 0 Å². The summed E-state index contributed by atoms with van der Waals surface area (Å²) in [5.41, 5.74) is -1.96. The van der Waals surface area contributed by atoms with E-state index in [1.165, 1.54) is 0 Å². The number of allylic oxidation sites excluding steroid dienone is 2. The van der Waals surface area contributed by atoms with Crippen molar-refractivity contribution in [2.75, 3.05) is 19.8 Å². The largest absolute Gasteiger partial charge is 0.394 e. The minimum absolute atomic E-state index is 0.0733. The number of hydrogen-bond donors (Lipinski definition) is 13. The van der Waals surface area contributed by atoms with Gasteiger partial charge in [-0.1, -0.05) is 46.3 Å². The van der Waals surface area contributed by atoms with E-state index in [1.807, 2.05) is 34.6 Å². The Morgan fingerprint density at radius 3 is 1.70 bits per heavy atom. The lowest BCUT2D eigenvalue weighted by Crippen LogP contribution is -2.70. The van der Waals surface area contributed by atoms with Gasteiger partial charge in [0.25, 0.3) is 0 Å². The number of fused-ring (bicyclic) bond motifs is 5. The molecular formula is C48H82O19. The van der Waals surface area contributed by atoms with Gasteiger partial charge in [-0.15, -0.1) is 0 Å². The predicted molar refractivity (Wildman–Crippen MR) is 235 cm³/mol. The minimum atomic E-state index is -1.85. The van der Waals surface area contributed by atoms with E-state index in [0.717, 1.165) is 24.8 Å². The molecule has 0 spiro atoms. The molecule has 67 heavy (non-hydrogen) atoms. The Kier molecular flexibility index (Phi) is 15.9. The molecule has 4 aliphatic carbocycles. The second-order valence-corrected chi connectivity index (χ2v) is 23.1. The van der Waals surface area contributed by atoms with Crippen molar-refractivity contribution in [2.24, 2.45) is 45.3 Å². The van der Waals surface area contributed by atoms with Crippen molar-refractivity contribution in [1.82, 2.24) is 0 Å². The van der Waals surface area contributed by atoms with E-state index in [9.17, 15) is 66.4 Å². The first-order valence-corrected chi connectivity index (χ1v) is 24.5. The summed E-state index contributed by atoms with van der Waals surface area (Å²) in [6, 6.07) is 0. The van der Waals surface area contributed by atoms with Crippen LogP contribution in [0.3, 0.4) is 0 Å². The maximum Gasteiger partial charge on any atom is 0.187 e. The Bertz CT molecular complexity index is 1710. The van der Waals surface area contributed by atoms with Gasteiger partial charge in [0.1, 0.15) is 73.2 Å². The summed E-state index contributed by atoms with van der Waals surface area (Å²) in [6.07, 6.45) is -19.6. The van der Waals surface area contributed by atoms with Crippen LogP contribution in [0.25, 0.3) is 0 Å². The molecule has 4 saturated carbocycles. The van der Waals surface area contributed by atoms with E-state index in [1.54, 1.807) is 0 Å². The lowest BCUT2D eigenvalue weighted by atomic mass is 9.35. The van der Waals surface area contributed by atoms with Crippen LogP contribution in [0.4, 0.5) is 0 Å². The first-order chi connectivity index (χ1) is 31.3. The fraction of sp³-hybridized carbons (Fsp3) is 0.958. The zero-order valence-corrected chi connectivity index (χ0v) is 40.3. The van der Waals surface area contributed by atoms with Gasteiger partial charge in [-0.2, -0.15) is 0 Å². The molecule has 0 aromatic rings. The van der Waals surface area contributed by atoms with Gasteiger partial charge in [0.15, 0.2) is 18.9 Å². The minimum Gasteiger partial charge on any atom is -0.394 e. The van der Waals surface area contributed by atoms with Crippen LogP contribution >= 0.6 is 0 Å². The van der Waals surface area contributed by atoms with E-state index in [-0.39, 0.29) is 35.5 Å². The molecule has 0 bridgehead atoms. The lowest BCUT2D eigenvalue weighted by molar-refractivity contribution is -0.383. The van der Waals surface area contributed by atoms with E-state index in [4.69, 9.17) is 28.4 Å². The maximum absolute atomic E-state index is 12.7. The zero-order chi connectivity index (χ0) is 49.5. The van der Waals surface area contributed by atoms with Crippen LogP contribution in [0.15, 0.2) is 11.6 Å². The standard InChI is InChI=1S/C48H82O19/c1-21(2)10-9-13-48(8,67-42-38(61)35(58)32(55)26(19-50)63-42)22-11-14-47(7)30(22)23(52)16-29-45(5)17-24(53)40(44(3,4)28(45)12-15-46(29,47)6)66-43-39(36(59)33(56)27(20-51)64-43)65-41-37(60)34(57)31(54)25(18-49)62-41/h10,22-43,49-61H,9,11-20H2,1-8H3/t22-,23+,24+,25+,26+,27+,28-,29+,30-,31+,32+,33+,34-,35-,36-,37+,38+,39+,40-,41-,42-,43-,45-,46+,47+,48-/m0/s1. The zero-order valence-electron chi connectivity index (χ0n) is 40.3. The third kappa shape index (κ3) is 9.03. The second kappa shape index (κ2) is 19.8. The maximum atomic E-state index is 12.7. The summed E-state index contributed by atoms with van der Waals surface area (Å²) in [7, 11) is 0. The van der Waals surface area contributed by atoms with E-state index in [2.05, 4.69) is 26.8 Å². The van der Waals surface area contributed by atoms with Gasteiger partial charge < -0.3 is 94.8 Å². The number of aliphatic hydroxyl groups excluding tert-OH is 13. The molecule has 3 saturated heterocycles. The summed E-state index contributed by atoms with van der Waals surface area (Å²) >= 11 is 0. The number of aliphatic hydroxyl groups is 13. The Labute approximate surface area is 393 Å². The highest BCUT2D eigenvalue weighted by molar-refractivity contribution is 5.21. The SMILES string of the molecule is CC(C)=CCC[C@](C)(O[C@@H]1O[C@H](CO)[C@@H](O)[C@H](O)[C@H]1O)[C@H]1CC[C@]2(C)[C@@H]1[C@H](O)C[C@@H]1[C@@]3(C)C[C@@H](O)[C@H](O[C@@H]4O[C@H](CO)[C@@H](O)[C@H](O)[C@H]4O[C@@H]4O[C@H](CO)[C@@H](O)[C@H](O)[C@H]4O)C(C)(C)[C@@H]3CC[C@]12C. The number of ether oxygens (including phenoxy) is 6. The van der Waals surface area contributed by atoms with Crippen LogP contribution in [-0.4, -0.2) is 202 Å². The Morgan fingerprint density at radius 2 is 1.13 bits per heavy atom. The van der Waals surface area contributed by atoms with Gasteiger partial charge in [-0.3, -0.25) is 0 Å². The molecule has 26 atom stereocenters. The first-order valence-electron chi connectivity index (χ1n) is 24.5. The van der Waals surface area contributed by atoms with Crippen molar-refractivity contribution in [2.45, 2.75) is 223 Å². The molecule has 19 heteroatoms. The lowest BCUT2D eigenvalue weighted by Gasteiger charge is -2.71. The van der Waals surface area contributed by atoms with Gasteiger partial charge in [-0.25, -0.2) is 0 Å². The molecule has 3 aliphatic heterocycles. The van der Waals surface area contributed by atoms with Crippen molar-refractivity contribution in [3.05, 3.63) is 11.6 Å². The highest BCUT2D eigenvalue weighted by Crippen LogP contribution is 2.76. The predicted octanol–water partition coefficient (Wildman–Crippen LogP) is -1.06. The molecule has 19 nitrogen and oxygen atoms in total. The molecule has 388 valence electrons. The number of hydrogen-bond acceptors (Lipinski definition) is 19. The highest BCUT2D eigenvalue weighted by Gasteiger charge is 2.73. The summed E-state index contributed by atoms with van der Waals surface area (Å²) < 4.78 is 36.9. The fourth-order valence-corrected chi connectivity index (χ4v) is 15.0. The van der Waals surface area contributed by atoms with Gasteiger partial charge in [0, 0.05) is 0 Å². The van der Waals surface area contributed by atoms with E-state index in [0.29, 0.717) is 25.7 Å². The molecule has 0 radical (unpaired) electrons. The van der Waals surface area contributed by atoms with Gasteiger partial charge in [-0.05, 0) is 117 Å². The normalized spacial score (nSPS) is 52.9. The Morgan fingerprint density at radius 1 is 0.612 bits per heavy atom. The van der Waals surface area contributed by atoms with Crippen LogP contribution < -0.4 is 0 Å². The fourth-order valence-electron chi connectivity index (χ4n) is 15.0.